The third kappa shape index (κ3) is 2.53. The van der Waals surface area contributed by atoms with Gasteiger partial charge in [0.15, 0.2) is 0 Å². The van der Waals surface area contributed by atoms with E-state index >= 15 is 0 Å². The van der Waals surface area contributed by atoms with Crippen molar-refractivity contribution in [3.8, 4) is 0 Å². The number of nitrogens with zero attached hydrogens (tertiary/aromatic N) is 1. The summed E-state index contributed by atoms with van der Waals surface area (Å²) in [6.45, 7) is 4.89. The Balaban J connectivity index is 3.29. The van der Waals surface area contributed by atoms with Crippen LogP contribution in [0.4, 0.5) is 8.78 Å². The van der Waals surface area contributed by atoms with Crippen LogP contribution in [0.15, 0.2) is 6.07 Å². The number of halogens is 2. The van der Waals surface area contributed by atoms with E-state index in [1.165, 1.54) is 13.0 Å². The predicted octanol–water partition coefficient (Wildman–Crippen LogP) is 2.81. The van der Waals surface area contributed by atoms with Crippen molar-refractivity contribution in [1.29, 1.82) is 0 Å². The Morgan fingerprint density at radius 3 is 2.62 bits per heavy atom. The van der Waals surface area contributed by atoms with Gasteiger partial charge in [-0.3, -0.25) is 4.98 Å². The summed E-state index contributed by atoms with van der Waals surface area (Å²) < 4.78 is 30.2. The molecule has 0 aliphatic rings. The van der Waals surface area contributed by atoms with Crippen molar-refractivity contribution in [3.63, 3.8) is 0 Å². The zero-order valence-electron chi connectivity index (χ0n) is 9.38. The average Bonchev–Trinajstić information content (AvgIpc) is 2.16. The van der Waals surface area contributed by atoms with E-state index in [0.717, 1.165) is 0 Å². The van der Waals surface area contributed by atoms with Crippen LogP contribution in [0.5, 0.6) is 0 Å². The second-order valence-corrected chi connectivity index (χ2v) is 3.33. The first-order chi connectivity index (χ1) is 7.47. The van der Waals surface area contributed by atoms with Crippen molar-refractivity contribution in [3.05, 3.63) is 28.6 Å². The fourth-order valence-electron chi connectivity index (χ4n) is 1.50. The maximum absolute atomic E-state index is 12.8. The molecule has 0 saturated carbocycles. The van der Waals surface area contributed by atoms with E-state index < -0.39 is 12.4 Å². The van der Waals surface area contributed by atoms with Crippen molar-refractivity contribution >= 4 is 5.97 Å². The summed E-state index contributed by atoms with van der Waals surface area (Å²) in [6.07, 6.45) is -2.71. The van der Waals surface area contributed by atoms with Crippen molar-refractivity contribution in [2.75, 3.05) is 6.61 Å². The first-order valence-electron chi connectivity index (χ1n) is 4.90. The minimum absolute atomic E-state index is 0.123. The molecule has 1 aromatic heterocycles. The third-order valence-electron chi connectivity index (χ3n) is 2.07. The molecular weight excluding hydrogens is 216 g/mol. The van der Waals surface area contributed by atoms with Crippen molar-refractivity contribution in [2.45, 2.75) is 27.2 Å². The quantitative estimate of drug-likeness (QED) is 0.748. The van der Waals surface area contributed by atoms with Gasteiger partial charge in [-0.25, -0.2) is 13.6 Å². The lowest BCUT2D eigenvalue weighted by molar-refractivity contribution is 0.0513. The molecule has 0 aromatic carbocycles. The van der Waals surface area contributed by atoms with Crippen LogP contribution >= 0.6 is 0 Å². The number of hydrogen-bond donors (Lipinski definition) is 0. The number of pyridine rings is 1. The Labute approximate surface area is 92.4 Å². The molecule has 0 aliphatic heterocycles. The normalized spacial score (nSPS) is 10.6. The summed E-state index contributed by atoms with van der Waals surface area (Å²) in [7, 11) is 0. The monoisotopic (exact) mass is 229 g/mol. The highest BCUT2D eigenvalue weighted by atomic mass is 19.3. The molecule has 0 bridgehead atoms. The summed E-state index contributed by atoms with van der Waals surface area (Å²) in [5.74, 6) is -0.747. The van der Waals surface area contributed by atoms with Crippen LogP contribution in [0.1, 0.15) is 40.7 Å². The number of esters is 1. The molecule has 0 unspecified atom stereocenters. The van der Waals surface area contributed by atoms with Gasteiger partial charge in [-0.2, -0.15) is 0 Å². The van der Waals surface area contributed by atoms with E-state index in [2.05, 4.69) is 4.98 Å². The largest absolute Gasteiger partial charge is 0.462 e. The van der Waals surface area contributed by atoms with Gasteiger partial charge in [0.25, 0.3) is 6.43 Å². The molecular formula is C11H13F2NO2. The van der Waals surface area contributed by atoms with Crippen LogP contribution in [0, 0.1) is 13.8 Å². The summed E-state index contributed by atoms with van der Waals surface area (Å²) >= 11 is 0. The number of aromatic nitrogens is 1. The maximum Gasteiger partial charge on any atom is 0.340 e. The van der Waals surface area contributed by atoms with E-state index in [4.69, 9.17) is 4.74 Å². The van der Waals surface area contributed by atoms with Gasteiger partial charge in [-0.1, -0.05) is 0 Å². The standard InChI is InChI=1S/C11H13F2NO2/c1-4-16-11(15)9-7(3)14-6(2)5-8(9)10(12)13/h5,10H,4H2,1-3H3. The highest BCUT2D eigenvalue weighted by molar-refractivity contribution is 5.92. The Bertz CT molecular complexity index is 405. The van der Waals surface area contributed by atoms with Crippen LogP contribution in [0.25, 0.3) is 0 Å². The molecule has 0 saturated heterocycles. The minimum atomic E-state index is -2.71. The minimum Gasteiger partial charge on any atom is -0.462 e. The van der Waals surface area contributed by atoms with Gasteiger partial charge in [0.1, 0.15) is 0 Å². The van der Waals surface area contributed by atoms with Gasteiger partial charge >= 0.3 is 5.97 Å². The number of ether oxygens (including phenoxy) is 1. The van der Waals surface area contributed by atoms with E-state index in [9.17, 15) is 13.6 Å². The smallest absolute Gasteiger partial charge is 0.340 e. The number of alkyl halides is 2. The number of carbonyl (C=O) groups excluding carboxylic acids is 1. The summed E-state index contributed by atoms with van der Waals surface area (Å²) in [6, 6.07) is 1.21. The average molecular weight is 229 g/mol. The molecule has 16 heavy (non-hydrogen) atoms. The second kappa shape index (κ2) is 5.01. The van der Waals surface area contributed by atoms with Gasteiger partial charge in [0.05, 0.1) is 17.9 Å². The van der Waals surface area contributed by atoms with Crippen molar-refractivity contribution in [2.24, 2.45) is 0 Å². The lowest BCUT2D eigenvalue weighted by Gasteiger charge is -2.11. The fraction of sp³-hybridized carbons (Fsp3) is 0.455. The molecule has 0 amide bonds. The molecule has 0 fully saturated rings. The first kappa shape index (κ1) is 12.5. The van der Waals surface area contributed by atoms with Gasteiger partial charge in [-0.15, -0.1) is 0 Å². The third-order valence-corrected chi connectivity index (χ3v) is 2.07. The van der Waals surface area contributed by atoms with Crippen LogP contribution in [0.2, 0.25) is 0 Å². The molecule has 1 heterocycles. The number of rotatable bonds is 3. The number of hydrogen-bond acceptors (Lipinski definition) is 3. The first-order valence-corrected chi connectivity index (χ1v) is 4.90. The highest BCUT2D eigenvalue weighted by Gasteiger charge is 2.22. The molecule has 0 aliphatic carbocycles. The SMILES string of the molecule is CCOC(=O)c1c(C(F)F)cc(C)nc1C. The molecule has 1 rings (SSSR count). The summed E-state index contributed by atoms with van der Waals surface area (Å²) in [5.41, 5.74) is 0.292. The number of carbonyl (C=O) groups is 1. The molecule has 1 aromatic rings. The molecule has 0 spiro atoms. The van der Waals surface area contributed by atoms with E-state index in [1.807, 2.05) is 0 Å². The predicted molar refractivity (Wildman–Crippen MR) is 54.6 cm³/mol. The Morgan fingerprint density at radius 1 is 1.50 bits per heavy atom. The van der Waals surface area contributed by atoms with Gasteiger partial charge < -0.3 is 4.74 Å². The van der Waals surface area contributed by atoms with Gasteiger partial charge in [0, 0.05) is 11.3 Å². The molecule has 0 N–H and O–H groups in total. The molecule has 0 atom stereocenters. The van der Waals surface area contributed by atoms with E-state index in [-0.39, 0.29) is 23.4 Å². The lowest BCUT2D eigenvalue weighted by atomic mass is 10.1. The fourth-order valence-corrected chi connectivity index (χ4v) is 1.50. The Morgan fingerprint density at radius 2 is 2.12 bits per heavy atom. The van der Waals surface area contributed by atoms with Crippen LogP contribution in [-0.2, 0) is 4.74 Å². The number of aryl methyl sites for hydroxylation is 2. The Hall–Kier alpha value is -1.52. The van der Waals surface area contributed by atoms with E-state index in [0.29, 0.717) is 5.69 Å². The molecule has 3 nitrogen and oxygen atoms in total. The van der Waals surface area contributed by atoms with Crippen LogP contribution in [0.3, 0.4) is 0 Å². The molecule has 88 valence electrons. The van der Waals surface area contributed by atoms with Crippen LogP contribution < -0.4 is 0 Å². The van der Waals surface area contributed by atoms with Crippen molar-refractivity contribution in [1.82, 2.24) is 4.98 Å². The zero-order chi connectivity index (χ0) is 12.3. The second-order valence-electron chi connectivity index (χ2n) is 3.33. The maximum atomic E-state index is 12.8. The summed E-state index contributed by atoms with van der Waals surface area (Å²) in [5, 5.41) is 0. The summed E-state index contributed by atoms with van der Waals surface area (Å²) in [4.78, 5) is 15.5. The van der Waals surface area contributed by atoms with Crippen LogP contribution in [-0.4, -0.2) is 17.6 Å². The van der Waals surface area contributed by atoms with E-state index in [1.54, 1.807) is 13.8 Å². The van der Waals surface area contributed by atoms with Crippen molar-refractivity contribution < 1.29 is 18.3 Å². The van der Waals surface area contributed by atoms with Gasteiger partial charge in [-0.05, 0) is 26.8 Å². The highest BCUT2D eigenvalue weighted by Crippen LogP contribution is 2.26. The molecule has 0 radical (unpaired) electrons. The lowest BCUT2D eigenvalue weighted by Crippen LogP contribution is -2.12. The molecule has 5 heteroatoms. The van der Waals surface area contributed by atoms with Gasteiger partial charge in [0.2, 0.25) is 0 Å². The Kier molecular flexibility index (Phi) is 3.93. The topological polar surface area (TPSA) is 39.2 Å². The zero-order valence-corrected chi connectivity index (χ0v) is 9.38.